The molecule has 0 saturated carbocycles. The summed E-state index contributed by atoms with van der Waals surface area (Å²) in [4.78, 5) is 15.9. The zero-order valence-corrected chi connectivity index (χ0v) is 13.6. The van der Waals surface area contributed by atoms with Gasteiger partial charge in [0.2, 0.25) is 0 Å². The SMILES string of the molecule is CC(C(=O)O)c1cccc(CN(C)CCN2CCNCC2)c1. The van der Waals surface area contributed by atoms with Crippen LogP contribution in [0.5, 0.6) is 0 Å². The number of carbonyl (C=O) groups is 1. The van der Waals surface area contributed by atoms with E-state index < -0.39 is 11.9 Å². The fraction of sp³-hybridized carbons (Fsp3) is 0.588. The third-order valence-electron chi connectivity index (χ3n) is 4.28. The molecule has 2 N–H and O–H groups in total. The number of benzene rings is 1. The molecule has 5 heteroatoms. The van der Waals surface area contributed by atoms with Gasteiger partial charge in [-0.2, -0.15) is 0 Å². The third-order valence-corrected chi connectivity index (χ3v) is 4.28. The van der Waals surface area contributed by atoms with Crippen LogP contribution in [0.2, 0.25) is 0 Å². The average molecular weight is 305 g/mol. The summed E-state index contributed by atoms with van der Waals surface area (Å²) in [6.07, 6.45) is 0. The molecule has 1 aliphatic rings. The smallest absolute Gasteiger partial charge is 0.310 e. The summed E-state index contributed by atoms with van der Waals surface area (Å²) in [5.41, 5.74) is 2.05. The van der Waals surface area contributed by atoms with E-state index in [4.69, 9.17) is 5.11 Å². The lowest BCUT2D eigenvalue weighted by Crippen LogP contribution is -2.45. The number of rotatable bonds is 7. The van der Waals surface area contributed by atoms with Gasteiger partial charge in [0.05, 0.1) is 5.92 Å². The Balaban J connectivity index is 1.84. The molecule has 1 aliphatic heterocycles. The highest BCUT2D eigenvalue weighted by molar-refractivity contribution is 5.75. The maximum atomic E-state index is 11.1. The first-order chi connectivity index (χ1) is 10.6. The van der Waals surface area contributed by atoms with Crippen molar-refractivity contribution in [1.29, 1.82) is 0 Å². The molecule has 1 saturated heterocycles. The summed E-state index contributed by atoms with van der Waals surface area (Å²) in [6, 6.07) is 7.93. The predicted octanol–water partition coefficient (Wildman–Crippen LogP) is 1.21. The van der Waals surface area contributed by atoms with Crippen LogP contribution in [0.1, 0.15) is 24.0 Å². The molecular formula is C17H27N3O2. The molecule has 1 fully saturated rings. The minimum Gasteiger partial charge on any atom is -0.481 e. The Morgan fingerprint density at radius 2 is 2.14 bits per heavy atom. The van der Waals surface area contributed by atoms with Gasteiger partial charge in [0.1, 0.15) is 0 Å². The monoisotopic (exact) mass is 305 g/mol. The normalized spacial score (nSPS) is 17.6. The molecule has 1 heterocycles. The molecule has 1 unspecified atom stereocenters. The van der Waals surface area contributed by atoms with E-state index >= 15 is 0 Å². The molecule has 0 aromatic heterocycles. The molecule has 22 heavy (non-hydrogen) atoms. The van der Waals surface area contributed by atoms with Crippen molar-refractivity contribution in [3.05, 3.63) is 35.4 Å². The second kappa shape index (κ2) is 8.27. The summed E-state index contributed by atoms with van der Waals surface area (Å²) in [6.45, 7) is 9.11. The quantitative estimate of drug-likeness (QED) is 0.793. The van der Waals surface area contributed by atoms with Gasteiger partial charge in [-0.3, -0.25) is 9.69 Å². The first kappa shape index (κ1) is 16.9. The molecule has 0 bridgehead atoms. The van der Waals surface area contributed by atoms with Crippen LogP contribution in [0.3, 0.4) is 0 Å². The third kappa shape index (κ3) is 5.09. The first-order valence-corrected chi connectivity index (χ1v) is 7.99. The number of nitrogens with zero attached hydrogens (tertiary/aromatic N) is 2. The van der Waals surface area contributed by atoms with Crippen molar-refractivity contribution in [3.63, 3.8) is 0 Å². The van der Waals surface area contributed by atoms with Crippen molar-refractivity contribution < 1.29 is 9.90 Å². The van der Waals surface area contributed by atoms with Crippen LogP contribution in [-0.4, -0.2) is 67.2 Å². The van der Waals surface area contributed by atoms with E-state index in [1.807, 2.05) is 18.2 Å². The van der Waals surface area contributed by atoms with Crippen LogP contribution in [0.4, 0.5) is 0 Å². The number of hydrogen-bond acceptors (Lipinski definition) is 4. The molecule has 0 aliphatic carbocycles. The van der Waals surface area contributed by atoms with E-state index in [1.54, 1.807) is 6.92 Å². The van der Waals surface area contributed by atoms with Crippen molar-refractivity contribution in [2.24, 2.45) is 0 Å². The maximum absolute atomic E-state index is 11.1. The molecule has 122 valence electrons. The Kier molecular flexibility index (Phi) is 6.36. The van der Waals surface area contributed by atoms with E-state index in [-0.39, 0.29) is 0 Å². The van der Waals surface area contributed by atoms with Crippen molar-refractivity contribution in [3.8, 4) is 0 Å². The minimum atomic E-state index is -0.774. The molecule has 0 amide bonds. The van der Waals surface area contributed by atoms with Crippen LogP contribution in [0.25, 0.3) is 0 Å². The molecule has 0 radical (unpaired) electrons. The minimum absolute atomic E-state index is 0.453. The topological polar surface area (TPSA) is 55.8 Å². The summed E-state index contributed by atoms with van der Waals surface area (Å²) in [7, 11) is 2.12. The predicted molar refractivity (Wildman–Crippen MR) is 88.1 cm³/mol. The molecule has 0 spiro atoms. The highest BCUT2D eigenvalue weighted by Crippen LogP contribution is 2.17. The molecule has 5 nitrogen and oxygen atoms in total. The Hall–Kier alpha value is -1.43. The van der Waals surface area contributed by atoms with Crippen molar-refractivity contribution in [1.82, 2.24) is 15.1 Å². The van der Waals surface area contributed by atoms with Gasteiger partial charge in [0.15, 0.2) is 0 Å². The highest BCUT2D eigenvalue weighted by atomic mass is 16.4. The van der Waals surface area contributed by atoms with Crippen LogP contribution >= 0.6 is 0 Å². The number of carboxylic acid groups (broad SMARTS) is 1. The lowest BCUT2D eigenvalue weighted by molar-refractivity contribution is -0.138. The van der Waals surface area contributed by atoms with Crippen molar-refractivity contribution in [2.45, 2.75) is 19.4 Å². The number of hydrogen-bond donors (Lipinski definition) is 2. The highest BCUT2D eigenvalue weighted by Gasteiger charge is 2.14. The largest absolute Gasteiger partial charge is 0.481 e. The summed E-state index contributed by atoms with van der Waals surface area (Å²) < 4.78 is 0. The Morgan fingerprint density at radius 3 is 2.82 bits per heavy atom. The van der Waals surface area contributed by atoms with Gasteiger partial charge in [0, 0.05) is 45.8 Å². The Bertz CT molecular complexity index is 487. The van der Waals surface area contributed by atoms with Crippen LogP contribution < -0.4 is 5.32 Å². The van der Waals surface area contributed by atoms with Gasteiger partial charge in [-0.25, -0.2) is 0 Å². The zero-order valence-electron chi connectivity index (χ0n) is 13.6. The fourth-order valence-electron chi connectivity index (χ4n) is 2.74. The Morgan fingerprint density at radius 1 is 1.41 bits per heavy atom. The standard InChI is InChI=1S/C17H27N3O2/c1-14(17(21)22)16-5-3-4-15(12-16)13-19(2)10-11-20-8-6-18-7-9-20/h3-5,12,14,18H,6-11,13H2,1-2H3,(H,21,22). The number of likely N-dealkylation sites (N-methyl/N-ethyl adjacent to an activating group) is 1. The number of aliphatic carboxylic acids is 1. The van der Waals surface area contributed by atoms with E-state index in [0.717, 1.165) is 51.4 Å². The average Bonchev–Trinajstić information content (AvgIpc) is 2.53. The molecule has 2 rings (SSSR count). The van der Waals surface area contributed by atoms with E-state index in [0.29, 0.717) is 0 Å². The van der Waals surface area contributed by atoms with Gasteiger partial charge < -0.3 is 15.3 Å². The van der Waals surface area contributed by atoms with E-state index in [1.165, 1.54) is 5.56 Å². The lowest BCUT2D eigenvalue weighted by atomic mass is 9.99. The molecular weight excluding hydrogens is 278 g/mol. The summed E-state index contributed by atoms with van der Waals surface area (Å²) >= 11 is 0. The number of nitrogens with one attached hydrogen (secondary N) is 1. The van der Waals surface area contributed by atoms with Gasteiger partial charge in [0.25, 0.3) is 0 Å². The van der Waals surface area contributed by atoms with Crippen LogP contribution in [0.15, 0.2) is 24.3 Å². The first-order valence-electron chi connectivity index (χ1n) is 7.99. The second-order valence-electron chi connectivity index (χ2n) is 6.13. The fourth-order valence-corrected chi connectivity index (χ4v) is 2.74. The van der Waals surface area contributed by atoms with E-state index in [9.17, 15) is 4.79 Å². The summed E-state index contributed by atoms with van der Waals surface area (Å²) in [5, 5.41) is 12.5. The molecule has 1 aromatic rings. The lowest BCUT2D eigenvalue weighted by Gasteiger charge is -2.29. The van der Waals surface area contributed by atoms with Gasteiger partial charge in [-0.05, 0) is 25.1 Å². The Labute approximate surface area is 132 Å². The van der Waals surface area contributed by atoms with Crippen molar-refractivity contribution >= 4 is 5.97 Å². The zero-order chi connectivity index (χ0) is 15.9. The van der Waals surface area contributed by atoms with E-state index in [2.05, 4.69) is 28.2 Å². The van der Waals surface area contributed by atoms with Gasteiger partial charge >= 0.3 is 5.97 Å². The summed E-state index contributed by atoms with van der Waals surface area (Å²) in [5.74, 6) is -1.23. The second-order valence-corrected chi connectivity index (χ2v) is 6.13. The van der Waals surface area contributed by atoms with Gasteiger partial charge in [-0.15, -0.1) is 0 Å². The number of carboxylic acids is 1. The van der Waals surface area contributed by atoms with Crippen molar-refractivity contribution in [2.75, 3.05) is 46.3 Å². The van der Waals surface area contributed by atoms with Crippen LogP contribution in [-0.2, 0) is 11.3 Å². The number of piperazine rings is 1. The van der Waals surface area contributed by atoms with Crippen LogP contribution in [0, 0.1) is 0 Å². The maximum Gasteiger partial charge on any atom is 0.310 e. The molecule has 1 atom stereocenters. The van der Waals surface area contributed by atoms with Gasteiger partial charge in [-0.1, -0.05) is 24.3 Å². The molecule has 1 aromatic carbocycles.